The Bertz CT molecular complexity index is 1350. The number of aliphatic carboxylic acids is 1. The lowest BCUT2D eigenvalue weighted by Gasteiger charge is -2.20. The molecular formula is C30H31Cl2F5N2O4. The summed E-state index contributed by atoms with van der Waals surface area (Å²) in [6.45, 7) is 3.52. The second kappa shape index (κ2) is 14.6. The summed E-state index contributed by atoms with van der Waals surface area (Å²) < 4.78 is 76.5. The van der Waals surface area contributed by atoms with E-state index < -0.39 is 41.2 Å². The summed E-state index contributed by atoms with van der Waals surface area (Å²) in [4.78, 5) is 13.9. The summed E-state index contributed by atoms with van der Waals surface area (Å²) in [6, 6.07) is 15.2. The van der Waals surface area contributed by atoms with Gasteiger partial charge >= 0.3 is 12.1 Å². The summed E-state index contributed by atoms with van der Waals surface area (Å²) in [5.41, 5.74) is 0.867. The number of ether oxygens (including phenoxy) is 2. The normalized spacial score (nSPS) is 19.9. The maximum Gasteiger partial charge on any atom is 0.416 e. The highest BCUT2D eigenvalue weighted by molar-refractivity contribution is 5.85. The Labute approximate surface area is 258 Å². The fraction of sp³-hybridized carbons (Fsp3) is 0.367. The van der Waals surface area contributed by atoms with E-state index in [1.165, 1.54) is 0 Å². The Morgan fingerprint density at radius 1 is 0.953 bits per heavy atom. The summed E-state index contributed by atoms with van der Waals surface area (Å²) in [5.74, 6) is -1.68. The highest BCUT2D eigenvalue weighted by Crippen LogP contribution is 2.45. The van der Waals surface area contributed by atoms with E-state index in [2.05, 4.69) is 10.2 Å². The molecule has 3 aromatic rings. The molecule has 2 aliphatic rings. The van der Waals surface area contributed by atoms with Crippen LogP contribution in [0.2, 0.25) is 0 Å². The number of alkyl halides is 3. The third-order valence-electron chi connectivity index (χ3n) is 7.49. The van der Waals surface area contributed by atoms with Crippen LogP contribution in [-0.2, 0) is 23.9 Å². The summed E-state index contributed by atoms with van der Waals surface area (Å²) in [7, 11) is 0. The Balaban J connectivity index is 0.00000253. The minimum absolute atomic E-state index is 0. The highest BCUT2D eigenvalue weighted by atomic mass is 35.5. The molecule has 4 atom stereocenters. The van der Waals surface area contributed by atoms with Gasteiger partial charge in [-0.3, -0.25) is 4.90 Å². The van der Waals surface area contributed by atoms with Crippen LogP contribution in [0.5, 0.6) is 11.5 Å². The molecule has 1 saturated carbocycles. The first-order valence-electron chi connectivity index (χ1n) is 13.2. The van der Waals surface area contributed by atoms with Gasteiger partial charge in [-0.05, 0) is 59.4 Å². The van der Waals surface area contributed by atoms with Gasteiger partial charge in [0.15, 0.2) is 17.7 Å². The van der Waals surface area contributed by atoms with Gasteiger partial charge in [0.1, 0.15) is 18.2 Å². The van der Waals surface area contributed by atoms with Gasteiger partial charge < -0.3 is 19.9 Å². The number of rotatable bonds is 12. The van der Waals surface area contributed by atoms with Crippen molar-refractivity contribution in [2.75, 3.05) is 26.2 Å². The molecule has 1 saturated heterocycles. The lowest BCUT2D eigenvalue weighted by atomic mass is 10.1. The minimum atomic E-state index is -4.32. The second-order valence-electron chi connectivity index (χ2n) is 10.4. The van der Waals surface area contributed by atoms with E-state index in [-0.39, 0.29) is 31.2 Å². The Kier molecular flexibility index (Phi) is 11.6. The molecule has 234 valence electrons. The fourth-order valence-electron chi connectivity index (χ4n) is 5.33. The molecule has 2 fully saturated rings. The molecule has 2 unspecified atom stereocenters. The molecule has 43 heavy (non-hydrogen) atoms. The lowest BCUT2D eigenvalue weighted by Crippen LogP contribution is -2.33. The van der Waals surface area contributed by atoms with Crippen molar-refractivity contribution in [2.24, 2.45) is 11.8 Å². The highest BCUT2D eigenvalue weighted by Gasteiger charge is 2.55. The third kappa shape index (κ3) is 8.95. The van der Waals surface area contributed by atoms with Crippen molar-refractivity contribution in [3.8, 4) is 11.5 Å². The standard InChI is InChI=1S/C30H29F5N2O4.2ClH/c31-21-7-10-25(32)26(14-21)41-27(29(38)39)13-18-3-8-22(9-4-18)40-12-11-36-28-23-16-37(17-24(23)28)15-19-1-5-20(6-2-19)30(33,34)35;;/h1-10,14,23-24,27-28,36H,11-13,15-17H2,(H,38,39);2*1H/t23-,24?,27-,28?;;/m0../s1. The molecule has 2 N–H and O–H groups in total. The van der Waals surface area contributed by atoms with Gasteiger partial charge in [0.2, 0.25) is 0 Å². The van der Waals surface area contributed by atoms with Crippen molar-refractivity contribution in [2.45, 2.75) is 31.3 Å². The predicted molar refractivity (Wildman–Crippen MR) is 154 cm³/mol. The molecule has 0 radical (unpaired) electrons. The second-order valence-corrected chi connectivity index (χ2v) is 10.4. The molecule has 0 spiro atoms. The maximum absolute atomic E-state index is 13.9. The van der Waals surface area contributed by atoms with Crippen LogP contribution in [0.15, 0.2) is 66.7 Å². The molecular weight excluding hydrogens is 618 g/mol. The topological polar surface area (TPSA) is 71.0 Å². The van der Waals surface area contributed by atoms with E-state index in [4.69, 9.17) is 9.47 Å². The van der Waals surface area contributed by atoms with Gasteiger partial charge in [-0.2, -0.15) is 13.2 Å². The summed E-state index contributed by atoms with van der Waals surface area (Å²) in [6.07, 6.45) is -5.77. The molecule has 13 heteroatoms. The van der Waals surface area contributed by atoms with Gasteiger partial charge in [0.05, 0.1) is 5.56 Å². The Hall–Kier alpha value is -3.12. The first-order valence-corrected chi connectivity index (χ1v) is 13.2. The molecule has 0 bridgehead atoms. The van der Waals surface area contributed by atoms with Crippen molar-refractivity contribution in [1.82, 2.24) is 10.2 Å². The monoisotopic (exact) mass is 648 g/mol. The van der Waals surface area contributed by atoms with E-state index in [1.807, 2.05) is 0 Å². The number of fused-ring (bicyclic) bond motifs is 1. The minimum Gasteiger partial charge on any atom is -0.492 e. The summed E-state index contributed by atoms with van der Waals surface area (Å²) in [5, 5.41) is 13.0. The summed E-state index contributed by atoms with van der Waals surface area (Å²) >= 11 is 0. The van der Waals surface area contributed by atoms with Crippen molar-refractivity contribution in [3.63, 3.8) is 0 Å². The average molecular weight is 649 g/mol. The zero-order valence-corrected chi connectivity index (χ0v) is 24.4. The van der Waals surface area contributed by atoms with Crippen LogP contribution in [0.3, 0.4) is 0 Å². The van der Waals surface area contributed by atoms with E-state index in [0.717, 1.165) is 49.0 Å². The Morgan fingerprint density at radius 3 is 2.19 bits per heavy atom. The molecule has 0 aromatic heterocycles. The molecule has 5 rings (SSSR count). The number of carbonyl (C=O) groups is 1. The average Bonchev–Trinajstić information content (AvgIpc) is 3.38. The largest absolute Gasteiger partial charge is 0.492 e. The van der Waals surface area contributed by atoms with Gasteiger partial charge in [-0.15, -0.1) is 24.8 Å². The number of piperidine rings is 1. The van der Waals surface area contributed by atoms with Crippen LogP contribution >= 0.6 is 24.8 Å². The number of hydrogen-bond acceptors (Lipinski definition) is 5. The molecule has 6 nitrogen and oxygen atoms in total. The van der Waals surface area contributed by atoms with Gasteiger partial charge in [-0.1, -0.05) is 24.3 Å². The number of hydrogen-bond donors (Lipinski definition) is 2. The number of carboxylic acid groups (broad SMARTS) is 1. The first-order chi connectivity index (χ1) is 19.6. The molecule has 3 aromatic carbocycles. The van der Waals surface area contributed by atoms with Crippen LogP contribution in [-0.4, -0.2) is 54.4 Å². The van der Waals surface area contributed by atoms with Gasteiger partial charge in [0, 0.05) is 44.7 Å². The predicted octanol–water partition coefficient (Wildman–Crippen LogP) is 6.00. The third-order valence-corrected chi connectivity index (χ3v) is 7.49. The first kappa shape index (κ1) is 34.4. The van der Waals surface area contributed by atoms with E-state index in [9.17, 15) is 31.9 Å². The van der Waals surface area contributed by atoms with Crippen molar-refractivity contribution < 1.29 is 41.3 Å². The van der Waals surface area contributed by atoms with Crippen LogP contribution < -0.4 is 14.8 Å². The van der Waals surface area contributed by atoms with Crippen molar-refractivity contribution in [1.29, 1.82) is 0 Å². The van der Waals surface area contributed by atoms with Crippen LogP contribution in [0, 0.1) is 23.5 Å². The molecule has 1 aliphatic carbocycles. The van der Waals surface area contributed by atoms with E-state index in [1.54, 1.807) is 36.4 Å². The van der Waals surface area contributed by atoms with Gasteiger partial charge in [0.25, 0.3) is 0 Å². The molecule has 1 aliphatic heterocycles. The van der Waals surface area contributed by atoms with Crippen LogP contribution in [0.25, 0.3) is 0 Å². The zero-order chi connectivity index (χ0) is 29.1. The molecule has 1 heterocycles. The number of nitrogens with one attached hydrogen (secondary N) is 1. The number of halogens is 7. The van der Waals surface area contributed by atoms with Crippen LogP contribution in [0.1, 0.15) is 16.7 Å². The quantitative estimate of drug-likeness (QED) is 0.185. The molecule has 0 amide bonds. The zero-order valence-electron chi connectivity index (χ0n) is 22.7. The SMILES string of the molecule is Cl.Cl.O=C(O)[C@H](Cc1ccc(OCCNC2C3CN(Cc4ccc(C(F)(F)F)cc4)C[C@@H]32)cc1)Oc1cc(F)ccc1F. The van der Waals surface area contributed by atoms with E-state index in [0.29, 0.717) is 48.9 Å². The van der Waals surface area contributed by atoms with E-state index >= 15 is 0 Å². The van der Waals surface area contributed by atoms with Crippen molar-refractivity contribution >= 4 is 30.8 Å². The number of nitrogens with zero attached hydrogens (tertiary/aromatic N) is 1. The number of benzene rings is 3. The fourth-order valence-corrected chi connectivity index (χ4v) is 5.33. The van der Waals surface area contributed by atoms with Crippen LogP contribution in [0.4, 0.5) is 22.0 Å². The number of carboxylic acids is 1. The lowest BCUT2D eigenvalue weighted by molar-refractivity contribution is -0.145. The smallest absolute Gasteiger partial charge is 0.416 e. The van der Waals surface area contributed by atoms with Crippen molar-refractivity contribution in [3.05, 3.63) is 95.1 Å². The van der Waals surface area contributed by atoms with Gasteiger partial charge in [-0.25, -0.2) is 13.6 Å². The Morgan fingerprint density at radius 2 is 1.58 bits per heavy atom. The number of likely N-dealkylation sites (tertiary alicyclic amines) is 1. The maximum atomic E-state index is 13.9.